The van der Waals surface area contributed by atoms with Crippen LogP contribution in [-0.4, -0.2) is 22.6 Å². The molecule has 0 amide bonds. The summed E-state index contributed by atoms with van der Waals surface area (Å²) >= 11 is 5.87. The van der Waals surface area contributed by atoms with Gasteiger partial charge in [-0.25, -0.2) is 0 Å². The molecular weight excluding hydrogens is 204 g/mol. The van der Waals surface area contributed by atoms with Gasteiger partial charge in [0.15, 0.2) is 0 Å². The molecule has 1 aromatic rings. The summed E-state index contributed by atoms with van der Waals surface area (Å²) in [6, 6.07) is 1.70. The number of rotatable bonds is 4. The number of carbonyl (C=O) groups is 1. The lowest BCUT2D eigenvalue weighted by atomic mass is 9.97. The van der Waals surface area contributed by atoms with E-state index in [4.69, 9.17) is 22.4 Å². The molecule has 14 heavy (non-hydrogen) atoms. The molecule has 4 nitrogen and oxygen atoms in total. The number of aliphatic carboxylic acids is 1. The molecule has 0 radical (unpaired) electrons. The van der Waals surface area contributed by atoms with Crippen molar-refractivity contribution in [2.75, 3.05) is 6.54 Å². The standard InChI is InChI=1S/C9H11ClN2O2/c10-8-5-12-2-1-7(8)6(4-11)3-9(13)14/h1-2,5-6H,3-4,11H2,(H,13,14). The van der Waals surface area contributed by atoms with E-state index < -0.39 is 5.97 Å². The zero-order valence-corrected chi connectivity index (χ0v) is 8.24. The molecule has 0 bridgehead atoms. The Kier molecular flexibility index (Phi) is 3.85. The summed E-state index contributed by atoms with van der Waals surface area (Å²) in [5, 5.41) is 9.12. The maximum atomic E-state index is 10.5. The van der Waals surface area contributed by atoms with Gasteiger partial charge < -0.3 is 10.8 Å². The molecule has 1 aromatic heterocycles. The van der Waals surface area contributed by atoms with Crippen LogP contribution in [0.3, 0.4) is 0 Å². The Labute approximate surface area is 86.7 Å². The summed E-state index contributed by atoms with van der Waals surface area (Å²) in [7, 11) is 0. The zero-order valence-electron chi connectivity index (χ0n) is 7.48. The highest BCUT2D eigenvalue weighted by molar-refractivity contribution is 6.31. The van der Waals surface area contributed by atoms with Crippen LogP contribution in [-0.2, 0) is 4.79 Å². The van der Waals surface area contributed by atoms with Crippen molar-refractivity contribution in [2.24, 2.45) is 5.73 Å². The van der Waals surface area contributed by atoms with E-state index in [9.17, 15) is 4.79 Å². The number of carboxylic acids is 1. The maximum absolute atomic E-state index is 10.5. The third-order valence-electron chi connectivity index (χ3n) is 1.95. The second-order valence-corrected chi connectivity index (χ2v) is 3.33. The smallest absolute Gasteiger partial charge is 0.304 e. The van der Waals surface area contributed by atoms with Gasteiger partial charge in [0.1, 0.15) is 0 Å². The summed E-state index contributed by atoms with van der Waals surface area (Å²) in [6.07, 6.45) is 3.05. The molecule has 0 spiro atoms. The molecule has 1 unspecified atom stereocenters. The van der Waals surface area contributed by atoms with Crippen molar-refractivity contribution in [3.8, 4) is 0 Å². The predicted octanol–water partition coefficient (Wildman–Crippen LogP) is 1.25. The number of hydrogen-bond donors (Lipinski definition) is 2. The molecule has 1 heterocycles. The van der Waals surface area contributed by atoms with Crippen molar-refractivity contribution >= 4 is 17.6 Å². The fraction of sp³-hybridized carbons (Fsp3) is 0.333. The summed E-state index contributed by atoms with van der Waals surface area (Å²) in [4.78, 5) is 14.4. The van der Waals surface area contributed by atoms with Crippen molar-refractivity contribution in [1.82, 2.24) is 4.98 Å². The Morgan fingerprint density at radius 2 is 2.43 bits per heavy atom. The number of hydrogen-bond acceptors (Lipinski definition) is 3. The third-order valence-corrected chi connectivity index (χ3v) is 2.26. The molecule has 76 valence electrons. The molecule has 1 atom stereocenters. The van der Waals surface area contributed by atoms with Crippen LogP contribution in [0.25, 0.3) is 0 Å². The zero-order chi connectivity index (χ0) is 10.6. The van der Waals surface area contributed by atoms with Crippen LogP contribution in [0.1, 0.15) is 17.9 Å². The first-order valence-corrected chi connectivity index (χ1v) is 4.54. The van der Waals surface area contributed by atoms with Crippen LogP contribution < -0.4 is 5.73 Å². The fourth-order valence-corrected chi connectivity index (χ4v) is 1.52. The number of aromatic nitrogens is 1. The molecule has 1 rings (SSSR count). The van der Waals surface area contributed by atoms with Gasteiger partial charge in [0, 0.05) is 18.3 Å². The van der Waals surface area contributed by atoms with E-state index in [2.05, 4.69) is 4.98 Å². The Morgan fingerprint density at radius 1 is 1.71 bits per heavy atom. The van der Waals surface area contributed by atoms with E-state index >= 15 is 0 Å². The lowest BCUT2D eigenvalue weighted by Gasteiger charge is -2.13. The van der Waals surface area contributed by atoms with Crippen LogP contribution in [0.4, 0.5) is 0 Å². The molecule has 0 aliphatic carbocycles. The van der Waals surface area contributed by atoms with E-state index in [1.807, 2.05) is 0 Å². The molecule has 5 heteroatoms. The van der Waals surface area contributed by atoms with Crippen LogP contribution >= 0.6 is 11.6 Å². The highest BCUT2D eigenvalue weighted by atomic mass is 35.5. The fourth-order valence-electron chi connectivity index (χ4n) is 1.25. The van der Waals surface area contributed by atoms with Gasteiger partial charge in [-0.1, -0.05) is 11.6 Å². The average Bonchev–Trinajstić information content (AvgIpc) is 2.15. The average molecular weight is 215 g/mol. The van der Waals surface area contributed by atoms with Gasteiger partial charge in [0.25, 0.3) is 0 Å². The monoisotopic (exact) mass is 214 g/mol. The molecule has 3 N–H and O–H groups in total. The molecule has 0 aromatic carbocycles. The van der Waals surface area contributed by atoms with E-state index in [1.54, 1.807) is 12.3 Å². The Bertz CT molecular complexity index is 330. The van der Waals surface area contributed by atoms with Crippen LogP contribution in [0.15, 0.2) is 18.5 Å². The van der Waals surface area contributed by atoms with Crippen molar-refractivity contribution in [1.29, 1.82) is 0 Å². The summed E-state index contributed by atoms with van der Waals surface area (Å²) < 4.78 is 0. The van der Waals surface area contributed by atoms with Crippen molar-refractivity contribution in [3.63, 3.8) is 0 Å². The minimum Gasteiger partial charge on any atom is -0.481 e. The second-order valence-electron chi connectivity index (χ2n) is 2.93. The van der Waals surface area contributed by atoms with Gasteiger partial charge in [0.2, 0.25) is 0 Å². The SMILES string of the molecule is NCC(CC(=O)O)c1ccncc1Cl. The number of carboxylic acid groups (broad SMARTS) is 1. The van der Waals surface area contributed by atoms with Crippen molar-refractivity contribution in [3.05, 3.63) is 29.0 Å². The van der Waals surface area contributed by atoms with E-state index in [-0.39, 0.29) is 18.9 Å². The first-order valence-electron chi connectivity index (χ1n) is 4.16. The van der Waals surface area contributed by atoms with Gasteiger partial charge in [-0.05, 0) is 18.2 Å². The summed E-state index contributed by atoms with van der Waals surface area (Å²) in [5.41, 5.74) is 6.22. The molecular formula is C9H11ClN2O2. The highest BCUT2D eigenvalue weighted by Crippen LogP contribution is 2.25. The van der Waals surface area contributed by atoms with Crippen LogP contribution in [0.2, 0.25) is 5.02 Å². The lowest BCUT2D eigenvalue weighted by Crippen LogP contribution is -2.16. The molecule has 0 aliphatic heterocycles. The van der Waals surface area contributed by atoms with Crippen molar-refractivity contribution in [2.45, 2.75) is 12.3 Å². The lowest BCUT2D eigenvalue weighted by molar-refractivity contribution is -0.137. The minimum absolute atomic E-state index is 0.0137. The van der Waals surface area contributed by atoms with Gasteiger partial charge >= 0.3 is 5.97 Å². The molecule has 0 saturated carbocycles. The van der Waals surface area contributed by atoms with Gasteiger partial charge in [-0.15, -0.1) is 0 Å². The number of nitrogens with two attached hydrogens (primary N) is 1. The van der Waals surface area contributed by atoms with Gasteiger partial charge in [0.05, 0.1) is 11.4 Å². The number of nitrogens with zero attached hydrogens (tertiary/aromatic N) is 1. The highest BCUT2D eigenvalue weighted by Gasteiger charge is 2.16. The Morgan fingerprint density at radius 3 is 2.93 bits per heavy atom. The van der Waals surface area contributed by atoms with E-state index in [0.29, 0.717) is 5.02 Å². The first kappa shape index (κ1) is 10.9. The van der Waals surface area contributed by atoms with E-state index in [0.717, 1.165) is 5.56 Å². The molecule has 0 fully saturated rings. The Hall–Kier alpha value is -1.13. The first-order chi connectivity index (χ1) is 6.65. The predicted molar refractivity (Wildman–Crippen MR) is 53.3 cm³/mol. The molecule has 0 saturated heterocycles. The van der Waals surface area contributed by atoms with E-state index in [1.165, 1.54) is 6.20 Å². The second kappa shape index (κ2) is 4.93. The largest absolute Gasteiger partial charge is 0.481 e. The minimum atomic E-state index is -0.881. The van der Waals surface area contributed by atoms with Crippen LogP contribution in [0.5, 0.6) is 0 Å². The topological polar surface area (TPSA) is 76.2 Å². The Balaban J connectivity index is 2.89. The van der Waals surface area contributed by atoms with Crippen molar-refractivity contribution < 1.29 is 9.90 Å². The normalized spacial score (nSPS) is 12.4. The van der Waals surface area contributed by atoms with Gasteiger partial charge in [-0.2, -0.15) is 0 Å². The summed E-state index contributed by atoms with van der Waals surface area (Å²) in [5.74, 6) is -1.13. The molecule has 0 aliphatic rings. The quantitative estimate of drug-likeness (QED) is 0.791. The third kappa shape index (κ3) is 2.68. The van der Waals surface area contributed by atoms with Crippen LogP contribution in [0, 0.1) is 0 Å². The number of pyridine rings is 1. The van der Waals surface area contributed by atoms with Gasteiger partial charge in [-0.3, -0.25) is 9.78 Å². The summed E-state index contributed by atoms with van der Waals surface area (Å²) in [6.45, 7) is 0.260. The maximum Gasteiger partial charge on any atom is 0.304 e. The number of halogens is 1.